The van der Waals surface area contributed by atoms with E-state index in [9.17, 15) is 4.79 Å². The first-order valence-electron chi connectivity index (χ1n) is 7.24. The largest absolute Gasteiger partial charge is 0.356 e. The molecule has 1 saturated heterocycles. The second kappa shape index (κ2) is 4.62. The van der Waals surface area contributed by atoms with Gasteiger partial charge in [0.05, 0.1) is 0 Å². The van der Waals surface area contributed by atoms with Gasteiger partial charge in [-0.05, 0) is 48.9 Å². The van der Waals surface area contributed by atoms with Crippen molar-refractivity contribution in [1.82, 2.24) is 5.32 Å². The zero-order valence-corrected chi connectivity index (χ0v) is 11.6. The fourth-order valence-electron chi connectivity index (χ4n) is 3.57. The third kappa shape index (κ3) is 2.66. The molecule has 2 aliphatic rings. The maximum Gasteiger partial charge on any atom is 0.220 e. The van der Waals surface area contributed by atoms with E-state index in [1.54, 1.807) is 0 Å². The predicted molar refractivity (Wildman–Crippen MR) is 70.7 cm³/mol. The van der Waals surface area contributed by atoms with Crippen molar-refractivity contribution in [3.8, 4) is 0 Å². The Kier molecular flexibility index (Phi) is 3.51. The predicted octanol–water partition coefficient (Wildman–Crippen LogP) is 3.51. The molecule has 0 aromatic carbocycles. The Morgan fingerprint density at radius 3 is 2.41 bits per heavy atom. The number of hydrogen-bond acceptors (Lipinski definition) is 1. The SMILES string of the molecule is CCC(C)(C)C1CCC2(CCC(=O)NC2)CC1. The lowest BCUT2D eigenvalue weighted by molar-refractivity contribution is -0.125. The first kappa shape index (κ1) is 12.9. The molecule has 1 aliphatic carbocycles. The monoisotopic (exact) mass is 237 g/mol. The lowest BCUT2D eigenvalue weighted by Crippen LogP contribution is -2.46. The molecule has 1 N–H and O–H groups in total. The minimum Gasteiger partial charge on any atom is -0.356 e. The summed E-state index contributed by atoms with van der Waals surface area (Å²) in [5, 5.41) is 3.07. The van der Waals surface area contributed by atoms with Crippen LogP contribution < -0.4 is 5.32 Å². The van der Waals surface area contributed by atoms with Gasteiger partial charge in [0.2, 0.25) is 5.91 Å². The van der Waals surface area contributed by atoms with Crippen LogP contribution in [0.3, 0.4) is 0 Å². The fourth-order valence-corrected chi connectivity index (χ4v) is 3.57. The summed E-state index contributed by atoms with van der Waals surface area (Å²) in [5.41, 5.74) is 0.952. The van der Waals surface area contributed by atoms with E-state index >= 15 is 0 Å². The zero-order valence-electron chi connectivity index (χ0n) is 11.6. The molecule has 0 unspecified atom stereocenters. The van der Waals surface area contributed by atoms with Crippen molar-refractivity contribution in [2.75, 3.05) is 6.54 Å². The molecule has 2 fully saturated rings. The highest BCUT2D eigenvalue weighted by molar-refractivity contribution is 5.76. The molecule has 98 valence electrons. The van der Waals surface area contributed by atoms with Crippen LogP contribution >= 0.6 is 0 Å². The summed E-state index contributed by atoms with van der Waals surface area (Å²) in [7, 11) is 0. The summed E-state index contributed by atoms with van der Waals surface area (Å²) in [6, 6.07) is 0. The van der Waals surface area contributed by atoms with E-state index in [1.165, 1.54) is 32.1 Å². The van der Waals surface area contributed by atoms with Gasteiger partial charge in [-0.1, -0.05) is 27.2 Å². The Labute approximate surface area is 106 Å². The third-order valence-electron chi connectivity index (χ3n) is 5.61. The molecule has 1 spiro atoms. The van der Waals surface area contributed by atoms with Crippen LogP contribution in [-0.2, 0) is 4.79 Å². The second-order valence-corrected chi connectivity index (χ2v) is 6.89. The molecule has 2 rings (SSSR count). The van der Waals surface area contributed by atoms with Crippen molar-refractivity contribution in [3.05, 3.63) is 0 Å². The van der Waals surface area contributed by atoms with Crippen LogP contribution in [0.4, 0.5) is 0 Å². The molecule has 0 radical (unpaired) electrons. The second-order valence-electron chi connectivity index (χ2n) is 6.89. The van der Waals surface area contributed by atoms with Gasteiger partial charge in [0, 0.05) is 13.0 Å². The summed E-state index contributed by atoms with van der Waals surface area (Å²) < 4.78 is 0. The summed E-state index contributed by atoms with van der Waals surface area (Å²) in [4.78, 5) is 11.2. The standard InChI is InChI=1S/C15H27NO/c1-4-14(2,3)12-5-8-15(9-6-12)10-7-13(17)16-11-15/h12H,4-11H2,1-3H3,(H,16,17). The topological polar surface area (TPSA) is 29.1 Å². The summed E-state index contributed by atoms with van der Waals surface area (Å²) in [5.74, 6) is 1.14. The molecule has 0 aromatic heterocycles. The van der Waals surface area contributed by atoms with Crippen LogP contribution in [0.25, 0.3) is 0 Å². The molecule has 0 aromatic rings. The van der Waals surface area contributed by atoms with Gasteiger partial charge in [0.1, 0.15) is 0 Å². The van der Waals surface area contributed by atoms with Gasteiger partial charge >= 0.3 is 0 Å². The number of hydrogen-bond donors (Lipinski definition) is 1. The average molecular weight is 237 g/mol. The van der Waals surface area contributed by atoms with Crippen molar-refractivity contribution in [2.24, 2.45) is 16.7 Å². The maximum atomic E-state index is 11.2. The molecule has 1 saturated carbocycles. The molecule has 2 nitrogen and oxygen atoms in total. The first-order valence-corrected chi connectivity index (χ1v) is 7.24. The lowest BCUT2D eigenvalue weighted by atomic mass is 9.61. The third-order valence-corrected chi connectivity index (χ3v) is 5.61. The summed E-state index contributed by atoms with van der Waals surface area (Å²) >= 11 is 0. The van der Waals surface area contributed by atoms with E-state index in [4.69, 9.17) is 0 Å². The zero-order chi connectivity index (χ0) is 12.5. The summed E-state index contributed by atoms with van der Waals surface area (Å²) in [6.45, 7) is 8.08. The molecule has 0 atom stereocenters. The molecular weight excluding hydrogens is 210 g/mol. The van der Waals surface area contributed by atoms with Crippen LogP contribution in [0.1, 0.15) is 65.7 Å². The number of amides is 1. The van der Waals surface area contributed by atoms with E-state index in [-0.39, 0.29) is 5.91 Å². The molecule has 1 amide bonds. The molecule has 0 bridgehead atoms. The van der Waals surface area contributed by atoms with Crippen LogP contribution in [0.2, 0.25) is 0 Å². The van der Waals surface area contributed by atoms with E-state index in [1.807, 2.05) is 0 Å². The number of rotatable bonds is 2. The van der Waals surface area contributed by atoms with E-state index in [2.05, 4.69) is 26.1 Å². The van der Waals surface area contributed by atoms with Gasteiger partial charge < -0.3 is 5.32 Å². The van der Waals surface area contributed by atoms with E-state index in [0.717, 1.165) is 25.3 Å². The highest BCUT2D eigenvalue weighted by Gasteiger charge is 2.41. The Morgan fingerprint density at radius 2 is 1.94 bits per heavy atom. The molecular formula is C15H27NO. The van der Waals surface area contributed by atoms with Crippen molar-refractivity contribution < 1.29 is 4.79 Å². The fraction of sp³-hybridized carbons (Fsp3) is 0.933. The van der Waals surface area contributed by atoms with Gasteiger partial charge in [-0.25, -0.2) is 0 Å². The smallest absolute Gasteiger partial charge is 0.220 e. The van der Waals surface area contributed by atoms with Crippen molar-refractivity contribution in [3.63, 3.8) is 0 Å². The van der Waals surface area contributed by atoms with Gasteiger partial charge in [0.15, 0.2) is 0 Å². The summed E-state index contributed by atoms with van der Waals surface area (Å²) in [6.07, 6.45) is 8.51. The first-order chi connectivity index (χ1) is 7.97. The Balaban J connectivity index is 1.92. The van der Waals surface area contributed by atoms with Crippen molar-refractivity contribution in [2.45, 2.75) is 65.7 Å². The van der Waals surface area contributed by atoms with Crippen LogP contribution in [0.15, 0.2) is 0 Å². The van der Waals surface area contributed by atoms with Gasteiger partial charge in [-0.2, -0.15) is 0 Å². The van der Waals surface area contributed by atoms with E-state index in [0.29, 0.717) is 10.8 Å². The van der Waals surface area contributed by atoms with E-state index < -0.39 is 0 Å². The van der Waals surface area contributed by atoms with Gasteiger partial charge in [0.25, 0.3) is 0 Å². The molecule has 1 heterocycles. The molecule has 2 heteroatoms. The quantitative estimate of drug-likeness (QED) is 0.782. The Bertz CT molecular complexity index is 275. The average Bonchev–Trinajstić information content (AvgIpc) is 2.34. The van der Waals surface area contributed by atoms with Crippen LogP contribution in [0.5, 0.6) is 0 Å². The lowest BCUT2D eigenvalue weighted by Gasteiger charge is -2.46. The highest BCUT2D eigenvalue weighted by atomic mass is 16.1. The minimum atomic E-state index is 0.256. The van der Waals surface area contributed by atoms with Crippen molar-refractivity contribution in [1.29, 1.82) is 0 Å². The van der Waals surface area contributed by atoms with Gasteiger partial charge in [-0.15, -0.1) is 0 Å². The highest BCUT2D eigenvalue weighted by Crippen LogP contribution is 2.49. The normalized spacial score (nSPS) is 34.8. The van der Waals surface area contributed by atoms with Crippen molar-refractivity contribution >= 4 is 5.91 Å². The Hall–Kier alpha value is -0.530. The molecule has 1 aliphatic heterocycles. The maximum absolute atomic E-state index is 11.2. The van der Waals surface area contributed by atoms with Gasteiger partial charge in [-0.3, -0.25) is 4.79 Å². The number of carbonyl (C=O) groups is 1. The Morgan fingerprint density at radius 1 is 1.29 bits per heavy atom. The van der Waals surface area contributed by atoms with Crippen LogP contribution in [-0.4, -0.2) is 12.5 Å². The molecule has 17 heavy (non-hydrogen) atoms. The van der Waals surface area contributed by atoms with Crippen LogP contribution in [0, 0.1) is 16.7 Å². The number of nitrogens with one attached hydrogen (secondary N) is 1. The number of carbonyl (C=O) groups excluding carboxylic acids is 1. The minimum absolute atomic E-state index is 0.256. The number of piperidine rings is 1.